The van der Waals surface area contributed by atoms with Crippen LogP contribution in [0.1, 0.15) is 58.6 Å². The van der Waals surface area contributed by atoms with Crippen molar-refractivity contribution in [2.45, 2.75) is 65.5 Å². The summed E-state index contributed by atoms with van der Waals surface area (Å²) < 4.78 is 0. The second-order valence-electron chi connectivity index (χ2n) is 6.40. The molecule has 1 N–H and O–H groups in total. The minimum atomic E-state index is 0.192. The van der Waals surface area contributed by atoms with Crippen molar-refractivity contribution in [3.8, 4) is 0 Å². The Morgan fingerprint density at radius 3 is 1.94 bits per heavy atom. The Kier molecular flexibility index (Phi) is 4.76. The monoisotopic (exact) mass is 233 g/mol. The molecule has 1 aromatic rings. The van der Waals surface area contributed by atoms with E-state index in [1.807, 2.05) is 0 Å². The molecule has 1 atom stereocenters. The summed E-state index contributed by atoms with van der Waals surface area (Å²) >= 11 is 0. The number of hydrogen-bond acceptors (Lipinski definition) is 1. The topological polar surface area (TPSA) is 12.0 Å². The fourth-order valence-electron chi connectivity index (χ4n) is 2.18. The molecule has 0 saturated carbocycles. The molecule has 17 heavy (non-hydrogen) atoms. The summed E-state index contributed by atoms with van der Waals surface area (Å²) in [6.45, 7) is 13.4. The van der Waals surface area contributed by atoms with Gasteiger partial charge in [-0.3, -0.25) is 0 Å². The predicted octanol–water partition coefficient (Wildman–Crippen LogP) is 4.13. The van der Waals surface area contributed by atoms with Gasteiger partial charge in [-0.2, -0.15) is 0 Å². The summed E-state index contributed by atoms with van der Waals surface area (Å²) in [6, 6.07) is 9.54. The van der Waals surface area contributed by atoms with Gasteiger partial charge < -0.3 is 5.32 Å². The van der Waals surface area contributed by atoms with Gasteiger partial charge in [-0.1, -0.05) is 38.1 Å². The van der Waals surface area contributed by atoms with Crippen molar-refractivity contribution in [3.63, 3.8) is 0 Å². The van der Waals surface area contributed by atoms with Gasteiger partial charge in [-0.25, -0.2) is 0 Å². The minimum Gasteiger partial charge on any atom is -0.309 e. The summed E-state index contributed by atoms with van der Waals surface area (Å²) in [6.07, 6.45) is 1.09. The normalized spacial score (nSPS) is 14.1. The lowest BCUT2D eigenvalue weighted by Crippen LogP contribution is -2.43. The first-order valence-electron chi connectivity index (χ1n) is 6.64. The van der Waals surface area contributed by atoms with E-state index in [-0.39, 0.29) is 5.54 Å². The van der Waals surface area contributed by atoms with Gasteiger partial charge in [-0.05, 0) is 51.2 Å². The van der Waals surface area contributed by atoms with Crippen molar-refractivity contribution in [1.29, 1.82) is 0 Å². The molecule has 1 nitrogen and oxygen atoms in total. The molecule has 1 heteroatoms. The van der Waals surface area contributed by atoms with Crippen LogP contribution in [0.25, 0.3) is 0 Å². The Morgan fingerprint density at radius 1 is 1.00 bits per heavy atom. The van der Waals surface area contributed by atoms with E-state index in [2.05, 4.69) is 71.1 Å². The second kappa shape index (κ2) is 5.68. The van der Waals surface area contributed by atoms with Crippen molar-refractivity contribution in [2.24, 2.45) is 0 Å². The second-order valence-corrected chi connectivity index (χ2v) is 6.40. The molecule has 0 aliphatic rings. The Balaban J connectivity index is 2.57. The highest BCUT2D eigenvalue weighted by molar-refractivity contribution is 5.25. The molecule has 0 aliphatic carbocycles. The zero-order valence-electron chi connectivity index (χ0n) is 12.2. The number of benzene rings is 1. The van der Waals surface area contributed by atoms with E-state index in [1.54, 1.807) is 0 Å². The Morgan fingerprint density at radius 2 is 1.53 bits per heavy atom. The first-order valence-corrected chi connectivity index (χ1v) is 6.64. The van der Waals surface area contributed by atoms with Crippen LogP contribution >= 0.6 is 0 Å². The third-order valence-electron chi connectivity index (χ3n) is 2.87. The molecule has 96 valence electrons. The molecule has 0 fully saturated rings. The smallest absolute Gasteiger partial charge is 0.00991 e. The Labute approximate surface area is 107 Å². The van der Waals surface area contributed by atoms with Gasteiger partial charge in [-0.15, -0.1) is 0 Å². The molecule has 0 heterocycles. The molecule has 1 unspecified atom stereocenters. The van der Waals surface area contributed by atoms with Crippen LogP contribution in [0.3, 0.4) is 0 Å². The molecule has 0 amide bonds. The number of hydrogen-bond donors (Lipinski definition) is 1. The zero-order chi connectivity index (χ0) is 13.1. The minimum absolute atomic E-state index is 0.192. The summed E-state index contributed by atoms with van der Waals surface area (Å²) in [4.78, 5) is 0. The van der Waals surface area contributed by atoms with Gasteiger partial charge >= 0.3 is 0 Å². The molecular weight excluding hydrogens is 206 g/mol. The number of rotatable bonds is 4. The van der Waals surface area contributed by atoms with Gasteiger partial charge in [0.15, 0.2) is 0 Å². The van der Waals surface area contributed by atoms with Crippen LogP contribution in [-0.2, 0) is 6.42 Å². The van der Waals surface area contributed by atoms with Crippen molar-refractivity contribution in [3.05, 3.63) is 35.4 Å². The molecular formula is C16H27N. The molecule has 0 aromatic heterocycles. The SMILES string of the molecule is CC(Cc1ccc(C(C)C)cc1)NC(C)(C)C. The molecule has 0 spiro atoms. The van der Waals surface area contributed by atoms with Crippen LogP contribution in [0.4, 0.5) is 0 Å². The Bertz CT molecular complexity index is 330. The molecule has 0 bridgehead atoms. The van der Waals surface area contributed by atoms with E-state index in [1.165, 1.54) is 11.1 Å². The van der Waals surface area contributed by atoms with Gasteiger partial charge in [0, 0.05) is 11.6 Å². The van der Waals surface area contributed by atoms with E-state index in [9.17, 15) is 0 Å². The average Bonchev–Trinajstić information content (AvgIpc) is 2.15. The van der Waals surface area contributed by atoms with Crippen molar-refractivity contribution in [2.75, 3.05) is 0 Å². The first kappa shape index (κ1) is 14.2. The third kappa shape index (κ3) is 5.36. The lowest BCUT2D eigenvalue weighted by atomic mass is 9.98. The molecule has 0 aliphatic heterocycles. The van der Waals surface area contributed by atoms with Crippen LogP contribution in [-0.4, -0.2) is 11.6 Å². The Hall–Kier alpha value is -0.820. The van der Waals surface area contributed by atoms with Gasteiger partial charge in [0.1, 0.15) is 0 Å². The quantitative estimate of drug-likeness (QED) is 0.824. The summed E-state index contributed by atoms with van der Waals surface area (Å²) in [5.41, 5.74) is 3.03. The van der Waals surface area contributed by atoms with E-state index >= 15 is 0 Å². The summed E-state index contributed by atoms with van der Waals surface area (Å²) in [5, 5.41) is 3.60. The van der Waals surface area contributed by atoms with E-state index < -0.39 is 0 Å². The van der Waals surface area contributed by atoms with Crippen molar-refractivity contribution < 1.29 is 0 Å². The van der Waals surface area contributed by atoms with Gasteiger partial charge in [0.25, 0.3) is 0 Å². The lowest BCUT2D eigenvalue weighted by molar-refractivity contribution is 0.371. The van der Waals surface area contributed by atoms with Crippen LogP contribution in [0.2, 0.25) is 0 Å². The molecule has 1 aromatic carbocycles. The summed E-state index contributed by atoms with van der Waals surface area (Å²) in [5.74, 6) is 0.620. The van der Waals surface area contributed by atoms with Gasteiger partial charge in [0.2, 0.25) is 0 Å². The standard InChI is InChI=1S/C16H27N/c1-12(2)15-9-7-14(8-10-15)11-13(3)17-16(4,5)6/h7-10,12-13,17H,11H2,1-6H3. The van der Waals surface area contributed by atoms with E-state index in [0.29, 0.717) is 12.0 Å². The molecule has 0 radical (unpaired) electrons. The third-order valence-corrected chi connectivity index (χ3v) is 2.87. The highest BCUT2D eigenvalue weighted by Gasteiger charge is 2.13. The fourth-order valence-corrected chi connectivity index (χ4v) is 2.18. The van der Waals surface area contributed by atoms with Crippen LogP contribution in [0.15, 0.2) is 24.3 Å². The van der Waals surface area contributed by atoms with Crippen LogP contribution in [0.5, 0.6) is 0 Å². The largest absolute Gasteiger partial charge is 0.309 e. The average molecular weight is 233 g/mol. The van der Waals surface area contributed by atoms with Crippen molar-refractivity contribution >= 4 is 0 Å². The zero-order valence-corrected chi connectivity index (χ0v) is 12.2. The molecule has 0 saturated heterocycles. The maximum atomic E-state index is 3.60. The van der Waals surface area contributed by atoms with Crippen LogP contribution < -0.4 is 5.32 Å². The van der Waals surface area contributed by atoms with E-state index in [4.69, 9.17) is 0 Å². The van der Waals surface area contributed by atoms with Crippen molar-refractivity contribution in [1.82, 2.24) is 5.32 Å². The van der Waals surface area contributed by atoms with E-state index in [0.717, 1.165) is 6.42 Å². The highest BCUT2D eigenvalue weighted by Crippen LogP contribution is 2.15. The number of nitrogens with one attached hydrogen (secondary N) is 1. The van der Waals surface area contributed by atoms with Gasteiger partial charge in [0.05, 0.1) is 0 Å². The van der Waals surface area contributed by atoms with Crippen LogP contribution in [0, 0.1) is 0 Å². The molecule has 1 rings (SSSR count). The fraction of sp³-hybridized carbons (Fsp3) is 0.625. The predicted molar refractivity (Wildman–Crippen MR) is 76.6 cm³/mol. The maximum Gasteiger partial charge on any atom is 0.00991 e. The first-order chi connectivity index (χ1) is 7.78. The highest BCUT2D eigenvalue weighted by atomic mass is 15.0. The lowest BCUT2D eigenvalue weighted by Gasteiger charge is -2.26. The maximum absolute atomic E-state index is 3.60. The summed E-state index contributed by atoms with van der Waals surface area (Å²) in [7, 11) is 0.